The van der Waals surface area contributed by atoms with Gasteiger partial charge >= 0.3 is 0 Å². The van der Waals surface area contributed by atoms with E-state index in [1.165, 1.54) is 0 Å². The fraction of sp³-hybridized carbons (Fsp3) is 0.500. The summed E-state index contributed by atoms with van der Waals surface area (Å²) in [5.74, 6) is 0.944. The third kappa shape index (κ3) is 1.86. The first-order valence-corrected chi connectivity index (χ1v) is 5.92. The molecule has 1 aliphatic rings. The van der Waals surface area contributed by atoms with Gasteiger partial charge in [0.2, 0.25) is 0 Å². The molecule has 5 heteroatoms. The molecule has 2 aromatic heterocycles. The third-order valence-corrected chi connectivity index (χ3v) is 3.01. The minimum atomic E-state index is 0.232. The van der Waals surface area contributed by atoms with Crippen molar-refractivity contribution in [3.8, 4) is 0 Å². The maximum Gasteiger partial charge on any atom is 0.180 e. The second-order valence-corrected chi connectivity index (χ2v) is 4.57. The van der Waals surface area contributed by atoms with E-state index in [-0.39, 0.29) is 12.2 Å². The minimum absolute atomic E-state index is 0.232. The highest BCUT2D eigenvalue weighted by molar-refractivity contribution is 5.64. The van der Waals surface area contributed by atoms with E-state index < -0.39 is 0 Å². The van der Waals surface area contributed by atoms with Crippen LogP contribution in [0, 0.1) is 0 Å². The molecule has 1 fully saturated rings. The molecular formula is C12H16N4O. The number of hydrogen-bond acceptors (Lipinski definition) is 4. The minimum Gasteiger partial charge on any atom is -0.372 e. The van der Waals surface area contributed by atoms with Crippen molar-refractivity contribution in [2.45, 2.75) is 26.1 Å². The van der Waals surface area contributed by atoms with Gasteiger partial charge < -0.3 is 14.0 Å². The molecule has 0 aliphatic carbocycles. The molecule has 0 amide bonds. The lowest BCUT2D eigenvalue weighted by Gasteiger charge is -2.35. The Balaban J connectivity index is 2.00. The van der Waals surface area contributed by atoms with Crippen molar-refractivity contribution in [2.75, 3.05) is 18.0 Å². The van der Waals surface area contributed by atoms with Gasteiger partial charge in [0.15, 0.2) is 11.5 Å². The van der Waals surface area contributed by atoms with Crippen LogP contribution in [-0.4, -0.2) is 39.7 Å². The van der Waals surface area contributed by atoms with Gasteiger partial charge in [0.05, 0.1) is 12.2 Å². The summed E-state index contributed by atoms with van der Waals surface area (Å²) in [6.45, 7) is 5.91. The summed E-state index contributed by atoms with van der Waals surface area (Å²) in [6.07, 6.45) is 7.93. The van der Waals surface area contributed by atoms with Crippen molar-refractivity contribution in [1.29, 1.82) is 0 Å². The zero-order valence-electron chi connectivity index (χ0n) is 10.1. The van der Waals surface area contributed by atoms with Gasteiger partial charge in [0.25, 0.3) is 0 Å². The molecule has 2 atom stereocenters. The van der Waals surface area contributed by atoms with E-state index in [9.17, 15) is 0 Å². The van der Waals surface area contributed by atoms with Crippen LogP contribution in [-0.2, 0) is 4.74 Å². The molecule has 0 saturated carbocycles. The number of aromatic nitrogens is 3. The zero-order valence-corrected chi connectivity index (χ0v) is 10.1. The second kappa shape index (κ2) is 4.00. The maximum atomic E-state index is 5.73. The Hall–Kier alpha value is -1.62. The normalized spacial score (nSPS) is 25.4. The molecule has 0 radical (unpaired) electrons. The molecule has 0 bridgehead atoms. The molecule has 0 spiro atoms. The van der Waals surface area contributed by atoms with Crippen molar-refractivity contribution in [3.05, 3.63) is 24.8 Å². The molecule has 5 nitrogen and oxygen atoms in total. The predicted octanol–water partition coefficient (Wildman–Crippen LogP) is 1.34. The summed E-state index contributed by atoms with van der Waals surface area (Å²) in [5.41, 5.74) is 0.911. The number of hydrogen-bond donors (Lipinski definition) is 0. The molecule has 0 aromatic carbocycles. The summed E-state index contributed by atoms with van der Waals surface area (Å²) >= 11 is 0. The highest BCUT2D eigenvalue weighted by Gasteiger charge is 2.24. The smallest absolute Gasteiger partial charge is 0.180 e. The number of nitrogens with zero attached hydrogens (tertiary/aromatic N) is 4. The van der Waals surface area contributed by atoms with E-state index in [0.717, 1.165) is 24.6 Å². The van der Waals surface area contributed by atoms with Crippen molar-refractivity contribution in [2.24, 2.45) is 0 Å². The molecule has 2 aromatic rings. The van der Waals surface area contributed by atoms with Crippen molar-refractivity contribution < 1.29 is 4.74 Å². The largest absolute Gasteiger partial charge is 0.372 e. The van der Waals surface area contributed by atoms with Crippen molar-refractivity contribution in [1.82, 2.24) is 14.4 Å². The van der Waals surface area contributed by atoms with E-state index in [4.69, 9.17) is 4.74 Å². The molecule has 1 saturated heterocycles. The van der Waals surface area contributed by atoms with Gasteiger partial charge in [-0.2, -0.15) is 0 Å². The Bertz CT molecular complexity index is 514. The first-order valence-electron chi connectivity index (χ1n) is 5.92. The Morgan fingerprint density at radius 3 is 2.47 bits per heavy atom. The van der Waals surface area contributed by atoms with Crippen LogP contribution >= 0.6 is 0 Å². The van der Waals surface area contributed by atoms with Gasteiger partial charge in [-0.25, -0.2) is 9.97 Å². The average molecular weight is 232 g/mol. The average Bonchev–Trinajstić information content (AvgIpc) is 2.75. The van der Waals surface area contributed by atoms with Gasteiger partial charge in [-0.1, -0.05) is 0 Å². The van der Waals surface area contributed by atoms with Gasteiger partial charge in [0.1, 0.15) is 0 Å². The lowest BCUT2D eigenvalue weighted by molar-refractivity contribution is -0.00539. The monoisotopic (exact) mass is 232 g/mol. The molecule has 1 aliphatic heterocycles. The van der Waals surface area contributed by atoms with Gasteiger partial charge in [-0.05, 0) is 13.8 Å². The fourth-order valence-corrected chi connectivity index (χ4v) is 2.41. The molecule has 17 heavy (non-hydrogen) atoms. The zero-order chi connectivity index (χ0) is 11.8. The van der Waals surface area contributed by atoms with Crippen LogP contribution in [0.2, 0.25) is 0 Å². The first kappa shape index (κ1) is 10.5. The van der Waals surface area contributed by atoms with Crippen molar-refractivity contribution >= 4 is 11.5 Å². The predicted molar refractivity (Wildman–Crippen MR) is 65.2 cm³/mol. The Labute approximate surface area is 100 Å². The van der Waals surface area contributed by atoms with E-state index >= 15 is 0 Å². The highest BCUT2D eigenvalue weighted by Crippen LogP contribution is 2.21. The highest BCUT2D eigenvalue weighted by atomic mass is 16.5. The number of rotatable bonds is 1. The number of fused-ring (bicyclic) bond motifs is 1. The summed E-state index contributed by atoms with van der Waals surface area (Å²) in [5, 5.41) is 0. The Morgan fingerprint density at radius 1 is 1.12 bits per heavy atom. The molecule has 3 rings (SSSR count). The molecule has 90 valence electrons. The van der Waals surface area contributed by atoms with E-state index in [1.54, 1.807) is 6.20 Å². The van der Waals surface area contributed by atoms with Gasteiger partial charge in [-0.3, -0.25) is 0 Å². The molecule has 3 heterocycles. The first-order chi connectivity index (χ1) is 8.24. The van der Waals surface area contributed by atoms with E-state index in [0.29, 0.717) is 0 Å². The van der Waals surface area contributed by atoms with Crippen LogP contribution in [0.3, 0.4) is 0 Å². The Kier molecular flexibility index (Phi) is 2.48. The number of anilines is 1. The quantitative estimate of drug-likeness (QED) is 0.744. The summed E-state index contributed by atoms with van der Waals surface area (Å²) < 4.78 is 7.73. The van der Waals surface area contributed by atoms with E-state index in [2.05, 4.69) is 28.7 Å². The van der Waals surface area contributed by atoms with Crippen LogP contribution < -0.4 is 4.90 Å². The second-order valence-electron chi connectivity index (χ2n) is 4.57. The van der Waals surface area contributed by atoms with Crippen LogP contribution in [0.15, 0.2) is 24.8 Å². The standard InChI is InChI=1S/C12H16N4O/c1-9-7-16(8-10(2)17-9)12-11-13-3-5-15(11)6-4-14-12/h3-6,9-10H,7-8H2,1-2H3. The van der Waals surface area contributed by atoms with E-state index in [1.807, 2.05) is 23.0 Å². The SMILES string of the molecule is CC1CN(c2nccn3ccnc23)CC(C)O1. The Morgan fingerprint density at radius 2 is 1.76 bits per heavy atom. The number of imidazole rings is 1. The number of ether oxygens (including phenoxy) is 1. The van der Waals surface area contributed by atoms with Crippen LogP contribution in [0.5, 0.6) is 0 Å². The molecular weight excluding hydrogens is 216 g/mol. The van der Waals surface area contributed by atoms with Crippen LogP contribution in [0.25, 0.3) is 5.65 Å². The number of morpholine rings is 1. The molecule has 0 N–H and O–H groups in total. The van der Waals surface area contributed by atoms with Gasteiger partial charge in [-0.15, -0.1) is 0 Å². The topological polar surface area (TPSA) is 42.7 Å². The van der Waals surface area contributed by atoms with Crippen LogP contribution in [0.1, 0.15) is 13.8 Å². The summed E-state index contributed by atoms with van der Waals surface area (Å²) in [4.78, 5) is 11.1. The van der Waals surface area contributed by atoms with Crippen LogP contribution in [0.4, 0.5) is 5.82 Å². The lowest BCUT2D eigenvalue weighted by atomic mass is 10.2. The fourth-order valence-electron chi connectivity index (χ4n) is 2.41. The summed E-state index contributed by atoms with van der Waals surface area (Å²) in [6, 6.07) is 0. The lowest BCUT2D eigenvalue weighted by Crippen LogP contribution is -2.46. The molecule has 2 unspecified atom stereocenters. The van der Waals surface area contributed by atoms with Gasteiger partial charge in [0, 0.05) is 37.9 Å². The summed E-state index contributed by atoms with van der Waals surface area (Å²) in [7, 11) is 0. The maximum absolute atomic E-state index is 5.73. The third-order valence-electron chi connectivity index (χ3n) is 3.01. The van der Waals surface area contributed by atoms with Crippen molar-refractivity contribution in [3.63, 3.8) is 0 Å².